The van der Waals surface area contributed by atoms with Crippen molar-refractivity contribution in [3.63, 3.8) is 0 Å². The number of nitrogens with one attached hydrogen (secondary N) is 1. The van der Waals surface area contributed by atoms with E-state index in [2.05, 4.69) is 4.72 Å². The summed E-state index contributed by atoms with van der Waals surface area (Å²) in [5, 5.41) is 10.7. The van der Waals surface area contributed by atoms with Gasteiger partial charge in [0.2, 0.25) is 15.8 Å². The molecule has 0 fully saturated rings. The Morgan fingerprint density at radius 1 is 1.35 bits per heavy atom. The number of nitro groups is 1. The Labute approximate surface area is 115 Å². The predicted molar refractivity (Wildman–Crippen MR) is 70.3 cm³/mol. The second-order valence-electron chi connectivity index (χ2n) is 4.59. The second-order valence-corrected chi connectivity index (χ2v) is 6.27. The van der Waals surface area contributed by atoms with E-state index >= 15 is 0 Å². The highest BCUT2D eigenvalue weighted by molar-refractivity contribution is 7.89. The third-order valence-electron chi connectivity index (χ3n) is 3.06. The summed E-state index contributed by atoms with van der Waals surface area (Å²) in [5.74, 6) is -1.05. The van der Waals surface area contributed by atoms with Crippen molar-refractivity contribution in [2.75, 3.05) is 0 Å². The highest BCUT2D eigenvalue weighted by atomic mass is 32.2. The Balaban J connectivity index is 2.40. The van der Waals surface area contributed by atoms with Crippen LogP contribution in [0.4, 0.5) is 10.1 Å². The van der Waals surface area contributed by atoms with Crippen LogP contribution < -0.4 is 4.72 Å². The molecule has 1 aliphatic rings. The molecule has 0 amide bonds. The van der Waals surface area contributed by atoms with E-state index in [1.165, 1.54) is 6.92 Å². The number of sulfonamides is 1. The standard InChI is InChI=1S/C12H13FN2O4S/c1-8-6-10(13)11(15(16)17)7-12(8)20(18,19)14-9-4-2-3-5-9/h2-3,6-7,9,14H,4-5H2,1H3. The molecule has 0 aliphatic heterocycles. The van der Waals surface area contributed by atoms with Gasteiger partial charge in [-0.2, -0.15) is 4.39 Å². The first kappa shape index (κ1) is 14.6. The number of nitrogens with zero attached hydrogens (tertiary/aromatic N) is 1. The highest BCUT2D eigenvalue weighted by Crippen LogP contribution is 2.26. The van der Waals surface area contributed by atoms with Gasteiger partial charge in [0.15, 0.2) is 0 Å². The summed E-state index contributed by atoms with van der Waals surface area (Å²) in [6.07, 6.45) is 4.85. The van der Waals surface area contributed by atoms with Crippen LogP contribution in [0, 0.1) is 22.9 Å². The van der Waals surface area contributed by atoms with Crippen LogP contribution in [-0.4, -0.2) is 19.4 Å². The second kappa shape index (κ2) is 5.29. The molecule has 0 spiro atoms. The Hall–Kier alpha value is -1.80. The van der Waals surface area contributed by atoms with Crippen molar-refractivity contribution in [1.29, 1.82) is 0 Å². The summed E-state index contributed by atoms with van der Waals surface area (Å²) in [6.45, 7) is 1.40. The summed E-state index contributed by atoms with van der Waals surface area (Å²) < 4.78 is 40.3. The van der Waals surface area contributed by atoms with E-state index in [9.17, 15) is 22.9 Å². The zero-order chi connectivity index (χ0) is 14.9. The molecule has 0 aromatic heterocycles. The zero-order valence-corrected chi connectivity index (χ0v) is 11.5. The number of halogens is 1. The molecule has 1 aromatic rings. The lowest BCUT2D eigenvalue weighted by atomic mass is 10.2. The molecule has 1 aliphatic carbocycles. The lowest BCUT2D eigenvalue weighted by molar-refractivity contribution is -0.387. The Morgan fingerprint density at radius 2 is 1.95 bits per heavy atom. The van der Waals surface area contributed by atoms with Crippen LogP contribution in [0.1, 0.15) is 18.4 Å². The molecule has 0 saturated carbocycles. The summed E-state index contributed by atoms with van der Waals surface area (Å²) >= 11 is 0. The van der Waals surface area contributed by atoms with Gasteiger partial charge in [-0.05, 0) is 31.4 Å². The Morgan fingerprint density at radius 3 is 2.50 bits per heavy atom. The van der Waals surface area contributed by atoms with Gasteiger partial charge in [0.1, 0.15) is 0 Å². The largest absolute Gasteiger partial charge is 0.306 e. The molecule has 1 N–H and O–H groups in total. The van der Waals surface area contributed by atoms with Gasteiger partial charge in [-0.3, -0.25) is 10.1 Å². The predicted octanol–water partition coefficient (Wildman–Crippen LogP) is 2.04. The van der Waals surface area contributed by atoms with Gasteiger partial charge in [-0.25, -0.2) is 13.1 Å². The minimum Gasteiger partial charge on any atom is -0.258 e. The molecule has 20 heavy (non-hydrogen) atoms. The van der Waals surface area contributed by atoms with Gasteiger partial charge in [0.25, 0.3) is 0 Å². The van der Waals surface area contributed by atoms with Crippen molar-refractivity contribution in [1.82, 2.24) is 4.72 Å². The van der Waals surface area contributed by atoms with E-state index in [4.69, 9.17) is 0 Å². The lowest BCUT2D eigenvalue weighted by Crippen LogP contribution is -2.33. The topological polar surface area (TPSA) is 89.3 Å². The van der Waals surface area contributed by atoms with Crippen LogP contribution in [0.15, 0.2) is 29.2 Å². The first-order valence-corrected chi connectivity index (χ1v) is 7.41. The van der Waals surface area contributed by atoms with E-state index in [1.54, 1.807) is 0 Å². The van der Waals surface area contributed by atoms with Crippen molar-refractivity contribution < 1.29 is 17.7 Å². The SMILES string of the molecule is Cc1cc(F)c([N+](=O)[O-])cc1S(=O)(=O)NC1CC=CC1. The van der Waals surface area contributed by atoms with E-state index in [-0.39, 0.29) is 16.5 Å². The molecule has 0 unspecified atom stereocenters. The van der Waals surface area contributed by atoms with Gasteiger partial charge in [0, 0.05) is 12.1 Å². The molecule has 0 bridgehead atoms. The maximum absolute atomic E-state index is 13.4. The van der Waals surface area contributed by atoms with Crippen LogP contribution in [-0.2, 0) is 10.0 Å². The minimum absolute atomic E-state index is 0.131. The van der Waals surface area contributed by atoms with Crippen LogP contribution in [0.2, 0.25) is 0 Å². The summed E-state index contributed by atoms with van der Waals surface area (Å²) in [7, 11) is -3.91. The van der Waals surface area contributed by atoms with Crippen molar-refractivity contribution in [2.45, 2.75) is 30.7 Å². The maximum atomic E-state index is 13.4. The molecule has 0 saturated heterocycles. The van der Waals surface area contributed by atoms with Crippen molar-refractivity contribution in [2.24, 2.45) is 0 Å². The van der Waals surface area contributed by atoms with E-state index in [0.717, 1.165) is 12.1 Å². The summed E-state index contributed by atoms with van der Waals surface area (Å²) in [6, 6.07) is 1.36. The van der Waals surface area contributed by atoms with Crippen molar-refractivity contribution in [3.8, 4) is 0 Å². The molecular weight excluding hydrogens is 287 g/mol. The monoisotopic (exact) mass is 300 g/mol. The molecule has 1 aromatic carbocycles. The fourth-order valence-electron chi connectivity index (χ4n) is 2.07. The molecule has 108 valence electrons. The average molecular weight is 300 g/mol. The quantitative estimate of drug-likeness (QED) is 0.523. The number of aryl methyl sites for hydroxylation is 1. The molecular formula is C12H13FN2O4S. The van der Waals surface area contributed by atoms with Gasteiger partial charge in [-0.15, -0.1) is 0 Å². The first-order chi connectivity index (χ1) is 9.31. The highest BCUT2D eigenvalue weighted by Gasteiger charge is 2.26. The van der Waals surface area contributed by atoms with E-state index in [1.807, 2.05) is 12.2 Å². The smallest absolute Gasteiger partial charge is 0.258 e. The summed E-state index contributed by atoms with van der Waals surface area (Å²) in [4.78, 5) is 9.49. The number of nitro benzene ring substituents is 1. The number of benzene rings is 1. The molecule has 2 rings (SSSR count). The van der Waals surface area contributed by atoms with Crippen molar-refractivity contribution >= 4 is 15.7 Å². The zero-order valence-electron chi connectivity index (χ0n) is 10.7. The normalized spacial score (nSPS) is 15.7. The van der Waals surface area contributed by atoms with Crippen LogP contribution in [0.5, 0.6) is 0 Å². The van der Waals surface area contributed by atoms with Gasteiger partial charge in [0.05, 0.1) is 9.82 Å². The fourth-order valence-corrected chi connectivity index (χ4v) is 3.58. The number of rotatable bonds is 4. The van der Waals surface area contributed by atoms with Crippen LogP contribution in [0.25, 0.3) is 0 Å². The van der Waals surface area contributed by atoms with Crippen LogP contribution in [0.3, 0.4) is 0 Å². The maximum Gasteiger partial charge on any atom is 0.306 e. The van der Waals surface area contributed by atoms with Gasteiger partial charge in [-0.1, -0.05) is 12.2 Å². The first-order valence-electron chi connectivity index (χ1n) is 5.93. The molecule has 0 radical (unpaired) electrons. The number of hydrogen-bond acceptors (Lipinski definition) is 4. The Kier molecular flexibility index (Phi) is 3.87. The van der Waals surface area contributed by atoms with Gasteiger partial charge >= 0.3 is 5.69 Å². The molecule has 0 heterocycles. The molecule has 0 atom stereocenters. The minimum atomic E-state index is -3.91. The van der Waals surface area contributed by atoms with E-state index in [0.29, 0.717) is 12.8 Å². The number of hydrogen-bond donors (Lipinski definition) is 1. The fraction of sp³-hybridized carbons (Fsp3) is 0.333. The third-order valence-corrected chi connectivity index (χ3v) is 4.72. The molecule has 6 nitrogen and oxygen atoms in total. The molecule has 8 heteroatoms. The lowest BCUT2D eigenvalue weighted by Gasteiger charge is -2.14. The van der Waals surface area contributed by atoms with Gasteiger partial charge < -0.3 is 0 Å². The third kappa shape index (κ3) is 2.86. The average Bonchev–Trinajstić information content (AvgIpc) is 2.79. The van der Waals surface area contributed by atoms with Crippen molar-refractivity contribution in [3.05, 3.63) is 45.8 Å². The summed E-state index contributed by atoms with van der Waals surface area (Å²) in [5.41, 5.74) is -0.716. The van der Waals surface area contributed by atoms with Crippen LogP contribution >= 0.6 is 0 Å². The Bertz CT molecular complexity index is 677. The van der Waals surface area contributed by atoms with E-state index < -0.39 is 26.5 Å².